The summed E-state index contributed by atoms with van der Waals surface area (Å²) < 4.78 is 0. The average Bonchev–Trinajstić information content (AvgIpc) is 2.83. The number of nitrogens with zero attached hydrogens (tertiary/aromatic N) is 1. The fourth-order valence-corrected chi connectivity index (χ4v) is 2.96. The molecule has 0 bridgehead atoms. The molecule has 0 fully saturated rings. The molecule has 108 valence electrons. The van der Waals surface area contributed by atoms with Crippen molar-refractivity contribution in [3.8, 4) is 0 Å². The number of aryl methyl sites for hydroxylation is 1. The first-order valence-corrected chi connectivity index (χ1v) is 8.04. The standard InChI is InChI=1S/C17H24N2S/c1-13-6-5-7-14(10-13)8-9-18-11-15-12-20-16(19-15)17(2,3)4/h5-7,10,12,18H,8-9,11H2,1-4H3. The number of benzene rings is 1. The molecule has 0 spiro atoms. The molecule has 2 nitrogen and oxygen atoms in total. The Morgan fingerprint density at radius 2 is 2.05 bits per heavy atom. The molecule has 0 atom stereocenters. The van der Waals surface area contributed by atoms with Gasteiger partial charge in [0.15, 0.2) is 0 Å². The van der Waals surface area contributed by atoms with E-state index in [0.29, 0.717) is 0 Å². The maximum absolute atomic E-state index is 4.70. The van der Waals surface area contributed by atoms with Crippen molar-refractivity contribution < 1.29 is 0 Å². The van der Waals surface area contributed by atoms with Crippen LogP contribution in [0.25, 0.3) is 0 Å². The van der Waals surface area contributed by atoms with Gasteiger partial charge in [0.1, 0.15) is 0 Å². The molecule has 1 heterocycles. The van der Waals surface area contributed by atoms with E-state index in [1.165, 1.54) is 16.1 Å². The van der Waals surface area contributed by atoms with Gasteiger partial charge < -0.3 is 5.32 Å². The summed E-state index contributed by atoms with van der Waals surface area (Å²) in [7, 11) is 0. The zero-order chi connectivity index (χ0) is 14.6. The molecule has 1 N–H and O–H groups in total. The minimum Gasteiger partial charge on any atom is -0.311 e. The molecule has 0 aliphatic heterocycles. The lowest BCUT2D eigenvalue weighted by molar-refractivity contribution is 0.579. The summed E-state index contributed by atoms with van der Waals surface area (Å²) in [6.45, 7) is 10.6. The van der Waals surface area contributed by atoms with Crippen molar-refractivity contribution in [3.05, 3.63) is 51.5 Å². The normalized spacial score (nSPS) is 11.8. The second-order valence-electron chi connectivity index (χ2n) is 6.31. The van der Waals surface area contributed by atoms with Crippen molar-refractivity contribution in [2.75, 3.05) is 6.54 Å². The average molecular weight is 288 g/mol. The molecule has 0 radical (unpaired) electrons. The second kappa shape index (κ2) is 6.51. The predicted octanol–water partition coefficient (Wildman–Crippen LogP) is 4.08. The van der Waals surface area contributed by atoms with E-state index in [4.69, 9.17) is 4.98 Å². The number of thiazole rings is 1. The van der Waals surface area contributed by atoms with Gasteiger partial charge in [-0.1, -0.05) is 50.6 Å². The van der Waals surface area contributed by atoms with Crippen molar-refractivity contribution in [2.24, 2.45) is 0 Å². The van der Waals surface area contributed by atoms with Gasteiger partial charge in [-0.05, 0) is 25.5 Å². The number of hydrogen-bond donors (Lipinski definition) is 1. The van der Waals surface area contributed by atoms with Gasteiger partial charge in [-0.2, -0.15) is 0 Å². The SMILES string of the molecule is Cc1cccc(CCNCc2csc(C(C)(C)C)n2)c1. The summed E-state index contributed by atoms with van der Waals surface area (Å²) in [6, 6.07) is 8.71. The molecule has 0 aliphatic carbocycles. The monoisotopic (exact) mass is 288 g/mol. The molecule has 0 unspecified atom stereocenters. The van der Waals surface area contributed by atoms with Gasteiger partial charge in [-0.15, -0.1) is 11.3 Å². The molecule has 0 saturated heterocycles. The van der Waals surface area contributed by atoms with Crippen LogP contribution >= 0.6 is 11.3 Å². The first-order valence-electron chi connectivity index (χ1n) is 7.16. The van der Waals surface area contributed by atoms with Gasteiger partial charge >= 0.3 is 0 Å². The number of rotatable bonds is 5. The molecule has 1 aromatic heterocycles. The lowest BCUT2D eigenvalue weighted by atomic mass is 9.98. The van der Waals surface area contributed by atoms with Crippen molar-refractivity contribution in [2.45, 2.75) is 46.1 Å². The van der Waals surface area contributed by atoms with Crippen molar-refractivity contribution >= 4 is 11.3 Å². The van der Waals surface area contributed by atoms with Crippen LogP contribution in [0.4, 0.5) is 0 Å². The second-order valence-corrected chi connectivity index (χ2v) is 7.17. The third-order valence-electron chi connectivity index (χ3n) is 3.17. The largest absolute Gasteiger partial charge is 0.311 e. The van der Waals surface area contributed by atoms with E-state index in [0.717, 1.165) is 25.2 Å². The number of nitrogens with one attached hydrogen (secondary N) is 1. The zero-order valence-electron chi connectivity index (χ0n) is 12.9. The molecule has 0 aliphatic rings. The summed E-state index contributed by atoms with van der Waals surface area (Å²) in [4.78, 5) is 4.70. The van der Waals surface area contributed by atoms with Crippen LogP contribution in [0, 0.1) is 6.92 Å². The highest BCUT2D eigenvalue weighted by Crippen LogP contribution is 2.25. The predicted molar refractivity (Wildman–Crippen MR) is 87.4 cm³/mol. The summed E-state index contributed by atoms with van der Waals surface area (Å²) in [5, 5.41) is 6.86. The number of aromatic nitrogens is 1. The van der Waals surface area contributed by atoms with Crippen LogP contribution in [0.5, 0.6) is 0 Å². The summed E-state index contributed by atoms with van der Waals surface area (Å²) in [6.07, 6.45) is 1.07. The maximum Gasteiger partial charge on any atom is 0.0982 e. The Kier molecular flexibility index (Phi) is 4.95. The third kappa shape index (κ3) is 4.43. The molecule has 2 aromatic rings. The Hall–Kier alpha value is -1.19. The van der Waals surface area contributed by atoms with Crippen LogP contribution in [0.2, 0.25) is 0 Å². The van der Waals surface area contributed by atoms with E-state index in [1.807, 2.05) is 0 Å². The van der Waals surface area contributed by atoms with Crippen molar-refractivity contribution in [3.63, 3.8) is 0 Å². The summed E-state index contributed by atoms with van der Waals surface area (Å²) >= 11 is 1.76. The molecule has 3 heteroatoms. The molecule has 20 heavy (non-hydrogen) atoms. The fraction of sp³-hybridized carbons (Fsp3) is 0.471. The van der Waals surface area contributed by atoms with Crippen molar-refractivity contribution in [1.82, 2.24) is 10.3 Å². The van der Waals surface area contributed by atoms with Crippen LogP contribution in [-0.2, 0) is 18.4 Å². The highest BCUT2D eigenvalue weighted by molar-refractivity contribution is 7.09. The van der Waals surface area contributed by atoms with Gasteiger partial charge in [-0.25, -0.2) is 4.98 Å². The minimum atomic E-state index is 0.157. The summed E-state index contributed by atoms with van der Waals surface area (Å²) in [5.74, 6) is 0. The van der Waals surface area contributed by atoms with Crippen LogP contribution in [0.15, 0.2) is 29.6 Å². The summed E-state index contributed by atoms with van der Waals surface area (Å²) in [5.41, 5.74) is 4.04. The minimum absolute atomic E-state index is 0.157. The maximum atomic E-state index is 4.70. The van der Waals surface area contributed by atoms with E-state index in [-0.39, 0.29) is 5.41 Å². The number of hydrogen-bond acceptors (Lipinski definition) is 3. The van der Waals surface area contributed by atoms with E-state index in [9.17, 15) is 0 Å². The molecule has 0 amide bonds. The van der Waals surface area contributed by atoms with Gasteiger partial charge in [0.05, 0.1) is 10.7 Å². The fourth-order valence-electron chi connectivity index (χ4n) is 2.05. The quantitative estimate of drug-likeness (QED) is 0.839. The van der Waals surface area contributed by atoms with E-state index in [2.05, 4.69) is 62.7 Å². The van der Waals surface area contributed by atoms with Gasteiger partial charge in [-0.3, -0.25) is 0 Å². The lowest BCUT2D eigenvalue weighted by Gasteiger charge is -2.13. The molecular weight excluding hydrogens is 264 g/mol. The Bertz CT molecular complexity index is 552. The Morgan fingerprint density at radius 1 is 1.25 bits per heavy atom. The molecule has 2 rings (SSSR count). The van der Waals surface area contributed by atoms with Gasteiger partial charge in [0.2, 0.25) is 0 Å². The first kappa shape index (κ1) is 15.2. The third-order valence-corrected chi connectivity index (χ3v) is 4.49. The van der Waals surface area contributed by atoms with E-state index < -0.39 is 0 Å². The first-order chi connectivity index (χ1) is 9.45. The smallest absolute Gasteiger partial charge is 0.0982 e. The Balaban J connectivity index is 1.77. The lowest BCUT2D eigenvalue weighted by Crippen LogP contribution is -2.17. The van der Waals surface area contributed by atoms with Crippen LogP contribution in [-0.4, -0.2) is 11.5 Å². The van der Waals surface area contributed by atoms with Crippen molar-refractivity contribution in [1.29, 1.82) is 0 Å². The van der Waals surface area contributed by atoms with Gasteiger partial charge in [0.25, 0.3) is 0 Å². The molecule has 1 aromatic carbocycles. The zero-order valence-corrected chi connectivity index (χ0v) is 13.7. The van der Waals surface area contributed by atoms with Crippen LogP contribution in [0.3, 0.4) is 0 Å². The highest BCUT2D eigenvalue weighted by atomic mass is 32.1. The van der Waals surface area contributed by atoms with E-state index >= 15 is 0 Å². The van der Waals surface area contributed by atoms with Gasteiger partial charge in [0, 0.05) is 17.3 Å². The topological polar surface area (TPSA) is 24.9 Å². The Morgan fingerprint density at radius 3 is 2.70 bits per heavy atom. The highest BCUT2D eigenvalue weighted by Gasteiger charge is 2.17. The molecular formula is C17H24N2S. The molecule has 0 saturated carbocycles. The van der Waals surface area contributed by atoms with Crippen LogP contribution < -0.4 is 5.32 Å². The Labute approximate surface area is 126 Å². The van der Waals surface area contributed by atoms with E-state index in [1.54, 1.807) is 11.3 Å². The van der Waals surface area contributed by atoms with Crippen LogP contribution in [0.1, 0.15) is 42.6 Å².